The highest BCUT2D eigenvalue weighted by atomic mass is 16.5. The number of aliphatic carboxylic acids is 1. The smallest absolute Gasteiger partial charge is 0.322 e. The average Bonchev–Trinajstić information content (AvgIpc) is 2.71. The van der Waals surface area contributed by atoms with Gasteiger partial charge in [-0.1, -0.05) is 18.2 Å². The molecule has 0 atom stereocenters. The number of aliphatic hydroxyl groups excluding tert-OH is 1. The number of aliphatic hydroxyl groups is 1. The van der Waals surface area contributed by atoms with E-state index in [4.69, 9.17) is 9.84 Å². The summed E-state index contributed by atoms with van der Waals surface area (Å²) in [5.74, 6) is -1.72. The van der Waals surface area contributed by atoms with Gasteiger partial charge in [-0.3, -0.25) is 14.4 Å². The van der Waals surface area contributed by atoms with Crippen LogP contribution in [0.25, 0.3) is 0 Å². The zero-order valence-electron chi connectivity index (χ0n) is 16.2. The number of nitrogens with zero attached hydrogens (tertiary/aromatic N) is 1. The fourth-order valence-corrected chi connectivity index (χ4v) is 3.83. The Morgan fingerprint density at radius 2 is 1.83 bits per heavy atom. The number of ether oxygens (including phenoxy) is 1. The molecule has 2 amide bonds. The Bertz CT molecular complexity index is 784. The Morgan fingerprint density at radius 1 is 1.14 bits per heavy atom. The number of carboxylic acid groups (broad SMARTS) is 1. The first kappa shape index (κ1) is 20.7. The first-order valence-electron chi connectivity index (χ1n) is 9.87. The summed E-state index contributed by atoms with van der Waals surface area (Å²) in [4.78, 5) is 37.0. The van der Waals surface area contributed by atoms with Gasteiger partial charge in [0.15, 0.2) is 0 Å². The van der Waals surface area contributed by atoms with Crippen molar-refractivity contribution >= 4 is 17.8 Å². The summed E-state index contributed by atoms with van der Waals surface area (Å²) in [6.45, 7) is 0.259. The van der Waals surface area contributed by atoms with Crippen molar-refractivity contribution in [1.29, 1.82) is 0 Å². The molecule has 3 rings (SSSR count). The molecule has 29 heavy (non-hydrogen) atoms. The molecule has 3 N–H and O–H groups in total. The summed E-state index contributed by atoms with van der Waals surface area (Å²) >= 11 is 0. The van der Waals surface area contributed by atoms with Crippen LogP contribution in [0.3, 0.4) is 0 Å². The van der Waals surface area contributed by atoms with Gasteiger partial charge in [0.1, 0.15) is 23.6 Å². The Labute approximate surface area is 169 Å². The largest absolute Gasteiger partial charge is 0.511 e. The SMILES string of the molecule is O=C(O)CNC(=O)C1=C(O)CCN(CC2CCC(Oc3ccccc3)CC2)C1=O. The first-order valence-corrected chi connectivity index (χ1v) is 9.87. The molecule has 0 bridgehead atoms. The highest BCUT2D eigenvalue weighted by Crippen LogP contribution is 2.29. The molecule has 1 heterocycles. The summed E-state index contributed by atoms with van der Waals surface area (Å²) in [6, 6.07) is 9.70. The second kappa shape index (κ2) is 9.45. The molecule has 1 aliphatic heterocycles. The van der Waals surface area contributed by atoms with Crippen LogP contribution in [0.1, 0.15) is 32.1 Å². The van der Waals surface area contributed by atoms with Gasteiger partial charge >= 0.3 is 5.97 Å². The van der Waals surface area contributed by atoms with Crippen molar-refractivity contribution in [3.8, 4) is 5.75 Å². The molecule has 2 aliphatic rings. The van der Waals surface area contributed by atoms with Crippen LogP contribution in [0.4, 0.5) is 0 Å². The predicted octanol–water partition coefficient (Wildman–Crippen LogP) is 1.87. The van der Waals surface area contributed by atoms with E-state index >= 15 is 0 Å². The molecular formula is C21H26N2O6. The fourth-order valence-electron chi connectivity index (χ4n) is 3.83. The van der Waals surface area contributed by atoms with Crippen LogP contribution in [0.5, 0.6) is 5.75 Å². The lowest BCUT2D eigenvalue weighted by molar-refractivity contribution is -0.138. The number of nitrogens with one attached hydrogen (secondary N) is 1. The lowest BCUT2D eigenvalue weighted by Gasteiger charge is -2.34. The van der Waals surface area contributed by atoms with E-state index in [1.807, 2.05) is 30.3 Å². The summed E-state index contributed by atoms with van der Waals surface area (Å²) in [5, 5.41) is 20.8. The van der Waals surface area contributed by atoms with Gasteiger partial charge in [-0.25, -0.2) is 0 Å². The minimum Gasteiger partial charge on any atom is -0.511 e. The van der Waals surface area contributed by atoms with E-state index in [9.17, 15) is 19.5 Å². The van der Waals surface area contributed by atoms with E-state index < -0.39 is 24.3 Å². The third-order valence-corrected chi connectivity index (χ3v) is 5.35. The topological polar surface area (TPSA) is 116 Å². The fraction of sp³-hybridized carbons (Fsp3) is 0.476. The van der Waals surface area contributed by atoms with E-state index in [-0.39, 0.29) is 23.9 Å². The molecule has 8 heteroatoms. The number of rotatable bonds is 7. The van der Waals surface area contributed by atoms with Gasteiger partial charge in [0.05, 0.1) is 6.10 Å². The Hall–Kier alpha value is -3.03. The third-order valence-electron chi connectivity index (χ3n) is 5.35. The quantitative estimate of drug-likeness (QED) is 0.600. The van der Waals surface area contributed by atoms with Gasteiger partial charge in [0.2, 0.25) is 0 Å². The zero-order chi connectivity index (χ0) is 20.8. The second-order valence-electron chi connectivity index (χ2n) is 7.47. The highest BCUT2D eigenvalue weighted by Gasteiger charge is 2.34. The number of carbonyl (C=O) groups is 3. The molecule has 0 unspecified atom stereocenters. The molecule has 1 aliphatic carbocycles. The second-order valence-corrected chi connectivity index (χ2v) is 7.47. The summed E-state index contributed by atoms with van der Waals surface area (Å²) in [7, 11) is 0. The lowest BCUT2D eigenvalue weighted by atomic mass is 9.86. The number of amides is 2. The van der Waals surface area contributed by atoms with E-state index in [0.717, 1.165) is 31.4 Å². The standard InChI is InChI=1S/C21H26N2O6/c24-17-10-11-23(21(28)19(17)20(27)22-12-18(25)26)13-14-6-8-16(9-7-14)29-15-4-2-1-3-5-15/h1-5,14,16,24H,6-13H2,(H,22,27)(H,25,26). The number of hydrogen-bond donors (Lipinski definition) is 3. The van der Waals surface area contributed by atoms with Crippen molar-refractivity contribution in [2.45, 2.75) is 38.2 Å². The maximum absolute atomic E-state index is 12.7. The van der Waals surface area contributed by atoms with Crippen molar-refractivity contribution in [2.24, 2.45) is 5.92 Å². The summed E-state index contributed by atoms with van der Waals surface area (Å²) < 4.78 is 6.00. The van der Waals surface area contributed by atoms with Gasteiger partial charge < -0.3 is 25.2 Å². The number of para-hydroxylation sites is 1. The van der Waals surface area contributed by atoms with Crippen LogP contribution in [0.2, 0.25) is 0 Å². The van der Waals surface area contributed by atoms with Crippen molar-refractivity contribution in [1.82, 2.24) is 10.2 Å². The van der Waals surface area contributed by atoms with Gasteiger partial charge in [-0.05, 0) is 43.7 Å². The van der Waals surface area contributed by atoms with Crippen LogP contribution < -0.4 is 10.1 Å². The third kappa shape index (κ3) is 5.49. The molecule has 1 aromatic carbocycles. The number of carboxylic acids is 1. The van der Waals surface area contributed by atoms with Crippen LogP contribution >= 0.6 is 0 Å². The molecular weight excluding hydrogens is 376 g/mol. The van der Waals surface area contributed by atoms with Gasteiger partial charge in [-0.2, -0.15) is 0 Å². The van der Waals surface area contributed by atoms with Gasteiger partial charge in [0, 0.05) is 19.5 Å². The number of hydrogen-bond acceptors (Lipinski definition) is 5. The number of benzene rings is 1. The zero-order valence-corrected chi connectivity index (χ0v) is 16.2. The highest BCUT2D eigenvalue weighted by molar-refractivity contribution is 6.19. The van der Waals surface area contributed by atoms with E-state index in [0.29, 0.717) is 19.0 Å². The van der Waals surface area contributed by atoms with Gasteiger partial charge in [0.25, 0.3) is 11.8 Å². The maximum atomic E-state index is 12.7. The van der Waals surface area contributed by atoms with Crippen LogP contribution in [-0.2, 0) is 14.4 Å². The van der Waals surface area contributed by atoms with Gasteiger partial charge in [-0.15, -0.1) is 0 Å². The van der Waals surface area contributed by atoms with Crippen LogP contribution in [-0.4, -0.2) is 58.6 Å². The minimum atomic E-state index is -1.21. The Balaban J connectivity index is 1.51. The monoisotopic (exact) mass is 402 g/mol. The molecule has 0 saturated heterocycles. The summed E-state index contributed by atoms with van der Waals surface area (Å²) in [5.41, 5.74) is -0.349. The molecule has 0 radical (unpaired) electrons. The molecule has 1 saturated carbocycles. The van der Waals surface area contributed by atoms with Crippen molar-refractivity contribution in [3.05, 3.63) is 41.7 Å². The Morgan fingerprint density at radius 3 is 2.48 bits per heavy atom. The Kier molecular flexibility index (Phi) is 6.74. The van der Waals surface area contributed by atoms with Crippen molar-refractivity contribution < 1.29 is 29.3 Å². The molecule has 0 spiro atoms. The molecule has 8 nitrogen and oxygen atoms in total. The number of carbonyl (C=O) groups excluding carboxylic acids is 2. The molecule has 156 valence electrons. The molecule has 1 fully saturated rings. The van der Waals surface area contributed by atoms with Crippen LogP contribution in [0.15, 0.2) is 41.7 Å². The van der Waals surface area contributed by atoms with Crippen molar-refractivity contribution in [3.63, 3.8) is 0 Å². The lowest BCUT2D eigenvalue weighted by Crippen LogP contribution is -2.45. The molecule has 0 aromatic heterocycles. The first-order chi connectivity index (χ1) is 13.9. The average molecular weight is 402 g/mol. The van der Waals surface area contributed by atoms with Crippen LogP contribution in [0, 0.1) is 5.92 Å². The summed E-state index contributed by atoms with van der Waals surface area (Å²) in [6.07, 6.45) is 3.97. The normalized spacial score (nSPS) is 22.3. The van der Waals surface area contributed by atoms with E-state index in [2.05, 4.69) is 5.32 Å². The predicted molar refractivity (Wildman–Crippen MR) is 104 cm³/mol. The molecule has 1 aromatic rings. The van der Waals surface area contributed by atoms with E-state index in [1.54, 1.807) is 4.90 Å². The van der Waals surface area contributed by atoms with E-state index in [1.165, 1.54) is 0 Å². The van der Waals surface area contributed by atoms with Crippen molar-refractivity contribution in [2.75, 3.05) is 19.6 Å². The maximum Gasteiger partial charge on any atom is 0.322 e. The minimum absolute atomic E-state index is 0.159.